The molecule has 5 heteroatoms. The number of hydrogen-bond donors (Lipinski definition) is 0. The van der Waals surface area contributed by atoms with Crippen molar-refractivity contribution >= 4 is 24.4 Å². The largest absolute Gasteiger partial charge is 0.493 e. The summed E-state index contributed by atoms with van der Waals surface area (Å²) in [5.74, 6) is 1.84. The lowest BCUT2D eigenvalue weighted by atomic mass is 9.66. The average molecular weight is 418 g/mol. The number of amides is 1. The van der Waals surface area contributed by atoms with Crippen LogP contribution in [-0.2, 0) is 4.79 Å². The lowest BCUT2D eigenvalue weighted by Crippen LogP contribution is -2.42. The van der Waals surface area contributed by atoms with Gasteiger partial charge in [-0.25, -0.2) is 4.79 Å². The molecule has 0 fully saturated rings. The first-order chi connectivity index (χ1) is 15.0. The molecule has 31 heavy (non-hydrogen) atoms. The first-order valence-electron chi connectivity index (χ1n) is 10.7. The Morgan fingerprint density at radius 3 is 2.74 bits per heavy atom. The Morgan fingerprint density at radius 1 is 1.19 bits per heavy atom. The molecule has 0 saturated carbocycles. The van der Waals surface area contributed by atoms with Crippen LogP contribution in [-0.4, -0.2) is 42.7 Å². The number of carbonyl (C=O) groups is 1. The van der Waals surface area contributed by atoms with Gasteiger partial charge in [-0.15, -0.1) is 4.58 Å². The maximum Gasteiger partial charge on any atom is 0.417 e. The Morgan fingerprint density at radius 2 is 2.00 bits per heavy atom. The molecule has 0 aromatic heterocycles. The molecule has 0 radical (unpaired) electrons. The predicted octanol–water partition coefficient (Wildman–Crippen LogP) is 4.74. The maximum atomic E-state index is 12.4. The van der Waals surface area contributed by atoms with Crippen LogP contribution in [0, 0.1) is 5.92 Å². The Kier molecular flexibility index (Phi) is 5.77. The van der Waals surface area contributed by atoms with Crippen LogP contribution in [0.3, 0.4) is 0 Å². The number of methoxy groups -OCH3 is 2. The molecule has 1 aromatic carbocycles. The van der Waals surface area contributed by atoms with Crippen LogP contribution in [0.25, 0.3) is 6.08 Å². The van der Waals surface area contributed by atoms with Crippen molar-refractivity contribution in [1.82, 2.24) is 0 Å². The monoisotopic (exact) mass is 417 g/mol. The zero-order valence-corrected chi connectivity index (χ0v) is 18.6. The highest BCUT2D eigenvalue weighted by Gasteiger charge is 2.48. The topological polar surface area (TPSA) is 50.9 Å². The number of hydrogen-bond acceptors (Lipinski definition) is 4. The zero-order chi connectivity index (χ0) is 22.0. The van der Waals surface area contributed by atoms with E-state index in [-0.39, 0.29) is 11.4 Å². The summed E-state index contributed by atoms with van der Waals surface area (Å²) in [4.78, 5) is 17.5. The first-order valence-corrected chi connectivity index (χ1v) is 10.7. The average Bonchev–Trinajstić information content (AvgIpc) is 2.76. The molecule has 0 saturated heterocycles. The van der Waals surface area contributed by atoms with Crippen LogP contribution in [0.5, 0.6) is 11.5 Å². The second kappa shape index (κ2) is 8.50. The van der Waals surface area contributed by atoms with Gasteiger partial charge in [0.1, 0.15) is 0 Å². The van der Waals surface area contributed by atoms with E-state index in [1.165, 1.54) is 11.1 Å². The predicted molar refractivity (Wildman–Crippen MR) is 124 cm³/mol. The van der Waals surface area contributed by atoms with Gasteiger partial charge in [0.2, 0.25) is 0 Å². The summed E-state index contributed by atoms with van der Waals surface area (Å²) in [5.41, 5.74) is 4.32. The minimum atomic E-state index is -0.322. The fourth-order valence-corrected chi connectivity index (χ4v) is 5.05. The van der Waals surface area contributed by atoms with Crippen LogP contribution in [0.15, 0.2) is 64.3 Å². The highest BCUT2D eigenvalue weighted by molar-refractivity contribution is 5.86. The zero-order valence-electron chi connectivity index (χ0n) is 18.6. The van der Waals surface area contributed by atoms with Gasteiger partial charge in [-0.1, -0.05) is 23.8 Å². The van der Waals surface area contributed by atoms with Gasteiger partial charge >= 0.3 is 5.91 Å². The van der Waals surface area contributed by atoms with Crippen molar-refractivity contribution in [2.45, 2.75) is 38.6 Å². The van der Waals surface area contributed by atoms with E-state index in [1.807, 2.05) is 55.8 Å². The Bertz CT molecular complexity index is 1090. The normalized spacial score (nSPS) is 26.6. The van der Waals surface area contributed by atoms with E-state index in [4.69, 9.17) is 14.5 Å². The number of carbonyl (C=O) groups excluding carboxylic acids is 1. The van der Waals surface area contributed by atoms with E-state index in [1.54, 1.807) is 24.9 Å². The van der Waals surface area contributed by atoms with E-state index in [9.17, 15) is 4.79 Å². The summed E-state index contributed by atoms with van der Waals surface area (Å²) in [6, 6.07) is 5.82. The van der Waals surface area contributed by atoms with E-state index in [0.717, 1.165) is 30.5 Å². The molecule has 2 aliphatic carbocycles. The molecule has 2 atom stereocenters. The highest BCUT2D eigenvalue weighted by atomic mass is 16.5. The third-order valence-corrected chi connectivity index (χ3v) is 6.24. The fourth-order valence-electron chi connectivity index (χ4n) is 5.05. The Labute approximate surface area is 183 Å². The number of rotatable bonds is 5. The van der Waals surface area contributed by atoms with E-state index in [2.05, 4.69) is 13.0 Å². The van der Waals surface area contributed by atoms with Gasteiger partial charge in [0.15, 0.2) is 23.4 Å². The molecule has 4 rings (SSSR count). The summed E-state index contributed by atoms with van der Waals surface area (Å²) in [7, 11) is 3.26. The van der Waals surface area contributed by atoms with E-state index >= 15 is 0 Å². The van der Waals surface area contributed by atoms with Gasteiger partial charge in [-0.3, -0.25) is 4.99 Å². The second-order valence-electron chi connectivity index (χ2n) is 8.30. The van der Waals surface area contributed by atoms with Crippen LogP contribution < -0.4 is 9.47 Å². The number of aliphatic imine (C=N–C) groups is 1. The molecule has 0 spiro atoms. The van der Waals surface area contributed by atoms with Gasteiger partial charge in [0.25, 0.3) is 0 Å². The molecule has 160 valence electrons. The lowest BCUT2D eigenvalue weighted by molar-refractivity contribution is -0.397. The third kappa shape index (κ3) is 3.92. The van der Waals surface area contributed by atoms with Gasteiger partial charge in [-0.05, 0) is 55.5 Å². The maximum absolute atomic E-state index is 12.4. The SMILES string of the molecule is CC=[N+]1C(=O)C=CC2=C1C[C@H]1C=C(C)C[C@]2(N=CC=Cc2ccc(OC)c(OC)c2)C1. The van der Waals surface area contributed by atoms with Gasteiger partial charge < -0.3 is 9.47 Å². The molecule has 1 aromatic rings. The molecule has 1 heterocycles. The van der Waals surface area contributed by atoms with Crippen LogP contribution >= 0.6 is 0 Å². The quantitative estimate of drug-likeness (QED) is 0.395. The molecule has 1 aliphatic heterocycles. The van der Waals surface area contributed by atoms with Crippen molar-refractivity contribution in [1.29, 1.82) is 0 Å². The number of ether oxygens (including phenoxy) is 2. The Balaban J connectivity index is 1.65. The van der Waals surface area contributed by atoms with Gasteiger partial charge in [0.05, 0.1) is 25.8 Å². The fraction of sp³-hybridized carbons (Fsp3) is 0.346. The smallest absolute Gasteiger partial charge is 0.417 e. The minimum absolute atomic E-state index is 0.0226. The molecule has 3 aliphatic rings. The highest BCUT2D eigenvalue weighted by Crippen LogP contribution is 2.49. The molecule has 1 amide bonds. The molecule has 0 N–H and O–H groups in total. The molecule has 5 nitrogen and oxygen atoms in total. The summed E-state index contributed by atoms with van der Waals surface area (Å²) >= 11 is 0. The van der Waals surface area contributed by atoms with Crippen LogP contribution in [0.4, 0.5) is 0 Å². The third-order valence-electron chi connectivity index (χ3n) is 6.24. The second-order valence-corrected chi connectivity index (χ2v) is 8.30. The molecule has 2 bridgehead atoms. The number of fused-ring (bicyclic) bond motifs is 3. The molecular formula is C26H29N2O3+. The van der Waals surface area contributed by atoms with Crippen molar-refractivity contribution < 1.29 is 18.8 Å². The minimum Gasteiger partial charge on any atom is -0.493 e. The number of nitrogens with zero attached hydrogens (tertiary/aromatic N) is 2. The van der Waals surface area contributed by atoms with Gasteiger partial charge in [0, 0.05) is 25.1 Å². The van der Waals surface area contributed by atoms with Crippen molar-refractivity contribution in [2.75, 3.05) is 14.2 Å². The van der Waals surface area contributed by atoms with Crippen LogP contribution in [0.2, 0.25) is 0 Å². The molecular weight excluding hydrogens is 388 g/mol. The van der Waals surface area contributed by atoms with E-state index in [0.29, 0.717) is 17.4 Å². The molecule has 0 unspecified atom stereocenters. The number of benzene rings is 1. The van der Waals surface area contributed by atoms with Crippen molar-refractivity contribution in [3.8, 4) is 11.5 Å². The Hall–Kier alpha value is -3.21. The summed E-state index contributed by atoms with van der Waals surface area (Å²) in [6.07, 6.45) is 16.5. The van der Waals surface area contributed by atoms with Crippen LogP contribution in [0.1, 0.15) is 38.7 Å². The summed E-state index contributed by atoms with van der Waals surface area (Å²) < 4.78 is 12.5. The summed E-state index contributed by atoms with van der Waals surface area (Å²) in [5, 5.41) is 0. The number of allylic oxidation sites excluding steroid dienone is 3. The standard InChI is InChI=1S/C26H29N2O3/c1-5-28-22-14-20-13-18(2)16-26(17-20,21(22)9-11-25(28)29)27-12-6-7-19-8-10-23(30-3)24(15-19)31-4/h5-13,15,20H,14,16-17H2,1-4H3/q+1/t20-,26+/m1/s1. The van der Waals surface area contributed by atoms with E-state index < -0.39 is 0 Å². The van der Waals surface area contributed by atoms with Crippen molar-refractivity contribution in [2.24, 2.45) is 10.9 Å². The van der Waals surface area contributed by atoms with Gasteiger partial charge in [-0.2, -0.15) is 0 Å². The summed E-state index contributed by atoms with van der Waals surface area (Å²) in [6.45, 7) is 4.10. The van der Waals surface area contributed by atoms with Crippen molar-refractivity contribution in [3.05, 3.63) is 64.9 Å². The van der Waals surface area contributed by atoms with Crippen molar-refractivity contribution in [3.63, 3.8) is 0 Å². The first kappa shape index (κ1) is 21.0. The lowest BCUT2D eigenvalue weighted by Gasteiger charge is -2.42.